The van der Waals surface area contributed by atoms with Gasteiger partial charge in [0.25, 0.3) is 0 Å². The molecule has 4 rings (SSSR count). The number of aromatic hydroxyl groups is 1. The molecule has 1 aromatic rings. The third-order valence-corrected chi connectivity index (χ3v) is 11.3. The van der Waals surface area contributed by atoms with Crippen LogP contribution in [0.4, 0.5) is 22.0 Å². The highest BCUT2D eigenvalue weighted by atomic mass is 19.4. The Labute approximate surface area is 258 Å². The number of unbranched alkanes of at least 4 members (excludes halogenated alkanes) is 6. The van der Waals surface area contributed by atoms with Crippen LogP contribution in [0.5, 0.6) is 5.75 Å². The zero-order chi connectivity index (χ0) is 32.3. The maximum atomic E-state index is 13.1. The minimum atomic E-state index is -5.60. The number of halogens is 5. The number of hydrogen-bond donors (Lipinski definition) is 3. The number of fused-ring (bicyclic) bond motifs is 5. The van der Waals surface area contributed by atoms with Crippen LogP contribution in [0, 0.1) is 29.1 Å². The average Bonchev–Trinajstić information content (AvgIpc) is 3.17. The molecule has 0 radical (unpaired) electrons. The summed E-state index contributed by atoms with van der Waals surface area (Å²) in [5.74, 6) is -4.69. The summed E-state index contributed by atoms with van der Waals surface area (Å²) in [5.41, 5.74) is 3.59. The molecule has 5 unspecified atom stereocenters. The van der Waals surface area contributed by atoms with E-state index in [0.717, 1.165) is 76.2 Å². The molecule has 44 heavy (non-hydrogen) atoms. The number of aliphatic hydroxyl groups is 1. The van der Waals surface area contributed by atoms with E-state index in [0.29, 0.717) is 35.8 Å². The maximum Gasteiger partial charge on any atom is 0.453 e. The number of rotatable bonds is 15. The Kier molecular flexibility index (Phi) is 11.1. The van der Waals surface area contributed by atoms with Crippen LogP contribution in [0.1, 0.15) is 120 Å². The quantitative estimate of drug-likeness (QED) is 0.103. The molecule has 0 spiro atoms. The van der Waals surface area contributed by atoms with Crippen molar-refractivity contribution in [2.75, 3.05) is 0 Å². The Bertz CT molecular complexity index is 1150. The normalized spacial score (nSPS) is 29.2. The standard InChI is InChI=1S/C35H49F5O4/c1-22-30(42)21-29-31-24(19-25-20-26(41)14-15-27(25)28(31)16-18-33(22,29)2)12-9-7-5-3-4-6-8-11-23(32(43)44)13-10-17-34(36,37)35(38,39)40/h14-15,20,23-24,28-31,41-42H,1,3-13,16-19,21H2,2H3,(H,43,44)/t23?,24?,28?,29?,30-,31?,33-/m1/s1. The summed E-state index contributed by atoms with van der Waals surface area (Å²) < 4.78 is 63.3. The highest BCUT2D eigenvalue weighted by Gasteiger charge is 2.57. The lowest BCUT2D eigenvalue weighted by atomic mass is 9.52. The molecule has 9 heteroatoms. The van der Waals surface area contributed by atoms with Crippen LogP contribution in [-0.4, -0.2) is 39.5 Å². The van der Waals surface area contributed by atoms with E-state index in [-0.39, 0.29) is 18.3 Å². The molecule has 3 aliphatic rings. The van der Waals surface area contributed by atoms with E-state index < -0.39 is 42.9 Å². The van der Waals surface area contributed by atoms with Crippen LogP contribution in [0.15, 0.2) is 30.4 Å². The molecule has 1 aromatic carbocycles. The Hall–Kier alpha value is -2.16. The van der Waals surface area contributed by atoms with E-state index in [1.807, 2.05) is 6.07 Å². The van der Waals surface area contributed by atoms with E-state index >= 15 is 0 Å². The van der Waals surface area contributed by atoms with Gasteiger partial charge in [0.15, 0.2) is 0 Å². The topological polar surface area (TPSA) is 77.8 Å². The second-order valence-corrected chi connectivity index (χ2v) is 14.1. The van der Waals surface area contributed by atoms with Crippen molar-refractivity contribution in [2.24, 2.45) is 29.1 Å². The van der Waals surface area contributed by atoms with E-state index in [1.165, 1.54) is 11.1 Å². The monoisotopic (exact) mass is 628 g/mol. The van der Waals surface area contributed by atoms with E-state index in [2.05, 4.69) is 19.6 Å². The second kappa shape index (κ2) is 14.1. The largest absolute Gasteiger partial charge is 0.508 e. The number of aliphatic carboxylic acids is 1. The zero-order valence-corrected chi connectivity index (χ0v) is 25.9. The van der Waals surface area contributed by atoms with Crippen LogP contribution in [0.2, 0.25) is 0 Å². The first-order valence-corrected chi connectivity index (χ1v) is 16.5. The van der Waals surface area contributed by atoms with Gasteiger partial charge in [0.1, 0.15) is 5.75 Å². The van der Waals surface area contributed by atoms with Crippen molar-refractivity contribution in [3.05, 3.63) is 41.5 Å². The maximum absolute atomic E-state index is 13.1. The van der Waals surface area contributed by atoms with Crippen molar-refractivity contribution in [1.29, 1.82) is 0 Å². The smallest absolute Gasteiger partial charge is 0.453 e. The summed E-state index contributed by atoms with van der Waals surface area (Å²) in [7, 11) is 0. The summed E-state index contributed by atoms with van der Waals surface area (Å²) in [6.45, 7) is 6.59. The molecular formula is C35H49F5O4. The van der Waals surface area contributed by atoms with Gasteiger partial charge in [-0.05, 0) is 109 Å². The first kappa shape index (κ1) is 34.7. The summed E-state index contributed by atoms with van der Waals surface area (Å²) >= 11 is 0. The molecule has 4 nitrogen and oxygen atoms in total. The summed E-state index contributed by atoms with van der Waals surface area (Å²) in [4.78, 5) is 11.5. The fraction of sp³-hybridized carbons (Fsp3) is 0.743. The van der Waals surface area contributed by atoms with Gasteiger partial charge in [-0.25, -0.2) is 0 Å². The van der Waals surface area contributed by atoms with Crippen LogP contribution in [-0.2, 0) is 11.2 Å². The fourth-order valence-corrected chi connectivity index (χ4v) is 8.77. The number of hydrogen-bond acceptors (Lipinski definition) is 3. The lowest BCUT2D eigenvalue weighted by Crippen LogP contribution is -2.44. The number of phenols is 1. The lowest BCUT2D eigenvalue weighted by Gasteiger charge is -2.52. The highest BCUT2D eigenvalue weighted by molar-refractivity contribution is 5.69. The molecule has 248 valence electrons. The van der Waals surface area contributed by atoms with Crippen molar-refractivity contribution in [3.63, 3.8) is 0 Å². The van der Waals surface area contributed by atoms with Gasteiger partial charge in [-0.15, -0.1) is 0 Å². The molecule has 2 fully saturated rings. The molecule has 7 atom stereocenters. The predicted octanol–water partition coefficient (Wildman–Crippen LogP) is 9.58. The SMILES string of the molecule is C=C1[C@H](O)CC2C3C(CCCCCCCCCC(CCCC(F)(F)C(F)(F)F)C(=O)O)Cc4cc(O)ccc4C3CC[C@]12C. The van der Waals surface area contributed by atoms with Crippen LogP contribution >= 0.6 is 0 Å². The molecule has 0 heterocycles. The van der Waals surface area contributed by atoms with Gasteiger partial charge in [-0.3, -0.25) is 4.79 Å². The number of carboxylic acid groups (broad SMARTS) is 1. The Morgan fingerprint density at radius 3 is 2.32 bits per heavy atom. The Balaban J connectivity index is 1.19. The molecule has 0 aromatic heterocycles. The van der Waals surface area contributed by atoms with Crippen molar-refractivity contribution in [2.45, 2.75) is 134 Å². The van der Waals surface area contributed by atoms with Crippen molar-refractivity contribution < 1.29 is 42.1 Å². The van der Waals surface area contributed by atoms with E-state index in [4.69, 9.17) is 0 Å². The number of benzene rings is 1. The Morgan fingerprint density at radius 2 is 1.66 bits per heavy atom. The molecular weight excluding hydrogens is 579 g/mol. The van der Waals surface area contributed by atoms with Gasteiger partial charge < -0.3 is 15.3 Å². The first-order valence-electron chi connectivity index (χ1n) is 16.5. The van der Waals surface area contributed by atoms with Crippen molar-refractivity contribution >= 4 is 5.97 Å². The van der Waals surface area contributed by atoms with Crippen molar-refractivity contribution in [3.8, 4) is 5.75 Å². The van der Waals surface area contributed by atoms with Gasteiger partial charge in [0.05, 0.1) is 12.0 Å². The van der Waals surface area contributed by atoms with Gasteiger partial charge >= 0.3 is 18.1 Å². The predicted molar refractivity (Wildman–Crippen MR) is 160 cm³/mol. The van der Waals surface area contributed by atoms with Gasteiger partial charge in [-0.1, -0.05) is 64.5 Å². The number of phenolic OH excluding ortho intramolecular Hbond substituents is 1. The average molecular weight is 629 g/mol. The summed E-state index contributed by atoms with van der Waals surface area (Å²) in [5, 5.41) is 30.3. The van der Waals surface area contributed by atoms with Crippen LogP contribution in [0.25, 0.3) is 0 Å². The third kappa shape index (κ3) is 7.61. The fourth-order valence-electron chi connectivity index (χ4n) is 8.77. The summed E-state index contributed by atoms with van der Waals surface area (Å²) in [6.07, 6.45) is 3.73. The lowest BCUT2D eigenvalue weighted by molar-refractivity contribution is -0.284. The number of aliphatic hydroxyl groups excluding tert-OH is 1. The first-order chi connectivity index (χ1) is 20.7. The molecule has 3 aliphatic carbocycles. The summed E-state index contributed by atoms with van der Waals surface area (Å²) in [6, 6.07) is 5.84. The minimum absolute atomic E-state index is 0.0267. The molecule has 0 aliphatic heterocycles. The van der Waals surface area contributed by atoms with Gasteiger partial charge in [0.2, 0.25) is 0 Å². The number of carbonyl (C=O) groups is 1. The number of carboxylic acids is 1. The van der Waals surface area contributed by atoms with E-state index in [9.17, 15) is 42.1 Å². The van der Waals surface area contributed by atoms with Gasteiger partial charge in [-0.2, -0.15) is 22.0 Å². The molecule has 3 N–H and O–H groups in total. The second-order valence-electron chi connectivity index (χ2n) is 14.1. The highest BCUT2D eigenvalue weighted by Crippen LogP contribution is 2.64. The van der Waals surface area contributed by atoms with Gasteiger partial charge in [0, 0.05) is 6.42 Å². The third-order valence-electron chi connectivity index (χ3n) is 11.3. The zero-order valence-electron chi connectivity index (χ0n) is 25.9. The molecule has 2 saturated carbocycles. The minimum Gasteiger partial charge on any atom is -0.508 e. The van der Waals surface area contributed by atoms with E-state index in [1.54, 1.807) is 6.07 Å². The van der Waals surface area contributed by atoms with Crippen molar-refractivity contribution in [1.82, 2.24) is 0 Å². The number of alkyl halides is 5. The Morgan fingerprint density at radius 1 is 1.02 bits per heavy atom. The van der Waals surface area contributed by atoms with Crippen LogP contribution in [0.3, 0.4) is 0 Å². The molecule has 0 amide bonds. The molecule has 0 bridgehead atoms. The molecule has 0 saturated heterocycles. The van der Waals surface area contributed by atoms with Crippen LogP contribution < -0.4 is 0 Å².